The first-order valence-electron chi connectivity index (χ1n) is 10.2. The molecule has 1 aromatic carbocycles. The molecule has 0 radical (unpaired) electrons. The van der Waals surface area contributed by atoms with Crippen LogP contribution in [-0.4, -0.2) is 90.6 Å². The maximum Gasteiger partial charge on any atom is 0.397 e. The number of hydrogen-bond acceptors (Lipinski definition) is 9. The third-order valence-electron chi connectivity index (χ3n) is 5.42. The van der Waals surface area contributed by atoms with Gasteiger partial charge < -0.3 is 24.4 Å². The Bertz CT molecular complexity index is 804. The van der Waals surface area contributed by atoms with E-state index < -0.39 is 40.6 Å². The highest BCUT2D eigenvalue weighted by molar-refractivity contribution is 7.80. The smallest absolute Gasteiger partial charge is 0.390 e. The zero-order valence-corrected chi connectivity index (χ0v) is 18.5. The van der Waals surface area contributed by atoms with Crippen molar-refractivity contribution in [1.82, 2.24) is 4.90 Å². The molecule has 10 nitrogen and oxygen atoms in total. The topological polar surface area (TPSA) is 135 Å². The van der Waals surface area contributed by atoms with Gasteiger partial charge in [-0.1, -0.05) is 30.3 Å². The Balaban J connectivity index is 1.67. The molecule has 0 aromatic heterocycles. The van der Waals surface area contributed by atoms with Gasteiger partial charge in [-0.2, -0.15) is 8.42 Å². The normalized spacial score (nSPS) is 32.1. The molecule has 176 valence electrons. The van der Waals surface area contributed by atoms with Gasteiger partial charge in [0.1, 0.15) is 12.2 Å². The van der Waals surface area contributed by atoms with Crippen LogP contribution < -0.4 is 0 Å². The van der Waals surface area contributed by atoms with Gasteiger partial charge in [-0.05, 0) is 25.8 Å². The van der Waals surface area contributed by atoms with Crippen LogP contribution in [0.15, 0.2) is 30.3 Å². The van der Waals surface area contributed by atoms with Crippen LogP contribution in [0.25, 0.3) is 0 Å². The summed E-state index contributed by atoms with van der Waals surface area (Å²) in [6.45, 7) is 4.34. The Labute approximate surface area is 182 Å². The number of benzene rings is 1. The molecule has 31 heavy (non-hydrogen) atoms. The van der Waals surface area contributed by atoms with Crippen molar-refractivity contribution in [1.29, 1.82) is 0 Å². The quantitative estimate of drug-likeness (QED) is 0.465. The summed E-state index contributed by atoms with van der Waals surface area (Å²) in [4.78, 5) is 1.88. The third kappa shape index (κ3) is 7.45. The number of aliphatic hydroxyl groups is 2. The fourth-order valence-corrected chi connectivity index (χ4v) is 4.37. The number of likely N-dealkylation sites (tertiary alicyclic amines) is 1. The Hall–Kier alpha value is -1.15. The van der Waals surface area contributed by atoms with Gasteiger partial charge in [0.2, 0.25) is 0 Å². The van der Waals surface area contributed by atoms with Gasteiger partial charge in [-0.15, -0.1) is 0 Å². The second kappa shape index (κ2) is 10.2. The lowest BCUT2D eigenvalue weighted by molar-refractivity contribution is -0.303. The molecule has 0 spiro atoms. The third-order valence-corrected chi connectivity index (χ3v) is 5.91. The first-order valence-corrected chi connectivity index (χ1v) is 11.6. The Morgan fingerprint density at radius 1 is 1.19 bits per heavy atom. The molecule has 0 amide bonds. The van der Waals surface area contributed by atoms with Gasteiger partial charge in [-0.3, -0.25) is 9.45 Å². The van der Waals surface area contributed by atoms with E-state index >= 15 is 0 Å². The fourth-order valence-electron chi connectivity index (χ4n) is 3.88. The maximum absolute atomic E-state index is 11.2. The van der Waals surface area contributed by atoms with Crippen LogP contribution in [0.3, 0.4) is 0 Å². The molecular formula is C20H31NO9S. The van der Waals surface area contributed by atoms with Crippen molar-refractivity contribution in [2.24, 2.45) is 0 Å². The van der Waals surface area contributed by atoms with Crippen molar-refractivity contribution < 1.29 is 41.6 Å². The predicted octanol–water partition coefficient (Wildman–Crippen LogP) is 0.339. The molecule has 2 saturated heterocycles. The van der Waals surface area contributed by atoms with Gasteiger partial charge in [0, 0.05) is 19.1 Å². The zero-order chi connectivity index (χ0) is 22.6. The van der Waals surface area contributed by atoms with Crippen molar-refractivity contribution in [3.8, 4) is 0 Å². The van der Waals surface area contributed by atoms with E-state index in [4.69, 9.17) is 22.9 Å². The van der Waals surface area contributed by atoms with Crippen molar-refractivity contribution in [2.75, 3.05) is 26.3 Å². The summed E-state index contributed by atoms with van der Waals surface area (Å²) in [5.41, 5.74) is 1.02. The van der Waals surface area contributed by atoms with E-state index in [1.54, 1.807) is 13.8 Å². The molecule has 1 aromatic rings. The first-order chi connectivity index (χ1) is 14.5. The molecule has 11 heteroatoms. The van der Waals surface area contributed by atoms with Gasteiger partial charge in [-0.25, -0.2) is 4.18 Å². The summed E-state index contributed by atoms with van der Waals surface area (Å²) in [6, 6.07) is 9.43. The summed E-state index contributed by atoms with van der Waals surface area (Å²) in [7, 11) is -4.71. The second-order valence-electron chi connectivity index (χ2n) is 8.41. The van der Waals surface area contributed by atoms with E-state index in [9.17, 15) is 18.6 Å². The fraction of sp³-hybridized carbons (Fsp3) is 0.700. The molecule has 3 N–H and O–H groups in total. The number of piperidine rings is 1. The molecule has 2 heterocycles. The van der Waals surface area contributed by atoms with E-state index in [0.717, 1.165) is 5.56 Å². The molecule has 5 atom stereocenters. The average Bonchev–Trinajstić information content (AvgIpc) is 2.67. The molecule has 2 fully saturated rings. The van der Waals surface area contributed by atoms with E-state index in [2.05, 4.69) is 0 Å². The molecular weight excluding hydrogens is 430 g/mol. The SMILES string of the molecule is CC1(C)OC[C@H](OS(=O)(=O)O)[C@@H](CN2C[C@@H](O)[C@@H](O)C[C@H]2COCc2ccccc2)O1. The molecule has 2 aliphatic heterocycles. The minimum atomic E-state index is -4.71. The number of hydrogen-bond donors (Lipinski definition) is 3. The van der Waals surface area contributed by atoms with E-state index in [0.29, 0.717) is 13.2 Å². The molecule has 0 saturated carbocycles. The van der Waals surface area contributed by atoms with Crippen LogP contribution in [0.1, 0.15) is 25.8 Å². The minimum absolute atomic E-state index is 0.0916. The van der Waals surface area contributed by atoms with Gasteiger partial charge in [0.05, 0.1) is 32.0 Å². The number of rotatable bonds is 8. The van der Waals surface area contributed by atoms with Crippen LogP contribution in [-0.2, 0) is 35.4 Å². The van der Waals surface area contributed by atoms with Crippen molar-refractivity contribution >= 4 is 10.4 Å². The number of nitrogens with zero attached hydrogens (tertiary/aromatic N) is 1. The van der Waals surface area contributed by atoms with Crippen molar-refractivity contribution in [3.05, 3.63) is 35.9 Å². The summed E-state index contributed by atoms with van der Waals surface area (Å²) < 4.78 is 53.5. The van der Waals surface area contributed by atoms with Crippen LogP contribution in [0.4, 0.5) is 0 Å². The summed E-state index contributed by atoms with van der Waals surface area (Å²) in [6.07, 6.45) is -3.38. The van der Waals surface area contributed by atoms with Crippen molar-refractivity contribution in [2.45, 2.75) is 63.1 Å². The van der Waals surface area contributed by atoms with E-state index in [1.165, 1.54) is 0 Å². The Kier molecular flexibility index (Phi) is 8.05. The van der Waals surface area contributed by atoms with Crippen LogP contribution >= 0.6 is 0 Å². The predicted molar refractivity (Wildman–Crippen MR) is 109 cm³/mol. The molecule has 0 bridgehead atoms. The second-order valence-corrected chi connectivity index (χ2v) is 9.46. The highest BCUT2D eigenvalue weighted by Gasteiger charge is 2.43. The largest absolute Gasteiger partial charge is 0.397 e. The van der Waals surface area contributed by atoms with Crippen molar-refractivity contribution in [3.63, 3.8) is 0 Å². The number of β-amino-alcohol motifs (C(OH)–C–C–N with tert-alkyl or cyclic N) is 1. The van der Waals surface area contributed by atoms with E-state index in [-0.39, 0.29) is 32.2 Å². The standard InChI is InChI=1S/C20H31NO9S/c1-20(2)28-13-19(30-31(24,25)26)18(29-20)10-21-9-17(23)16(22)8-15(21)12-27-11-14-6-4-3-5-7-14/h3-7,15-19,22-23H,8-13H2,1-2H3,(H,24,25,26)/t15-,16-,17+,18+,19-/m0/s1. The average molecular weight is 462 g/mol. The van der Waals surface area contributed by atoms with Gasteiger partial charge in [0.15, 0.2) is 5.79 Å². The summed E-state index contributed by atoms with van der Waals surface area (Å²) in [5, 5.41) is 20.3. The molecule has 2 aliphatic rings. The molecule has 0 aliphatic carbocycles. The summed E-state index contributed by atoms with van der Waals surface area (Å²) in [5.74, 6) is -0.975. The first kappa shape index (κ1) is 24.5. The minimum Gasteiger partial charge on any atom is -0.390 e. The molecule has 3 rings (SSSR count). The lowest BCUT2D eigenvalue weighted by Gasteiger charge is -2.45. The van der Waals surface area contributed by atoms with E-state index in [1.807, 2.05) is 35.2 Å². The maximum atomic E-state index is 11.2. The lowest BCUT2D eigenvalue weighted by Crippen LogP contribution is -2.60. The highest BCUT2D eigenvalue weighted by atomic mass is 32.3. The van der Waals surface area contributed by atoms with Gasteiger partial charge in [0.25, 0.3) is 0 Å². The zero-order valence-electron chi connectivity index (χ0n) is 17.7. The summed E-state index contributed by atoms with van der Waals surface area (Å²) >= 11 is 0. The lowest BCUT2D eigenvalue weighted by atomic mass is 9.96. The van der Waals surface area contributed by atoms with Crippen LogP contribution in [0, 0.1) is 0 Å². The molecule has 0 unspecified atom stereocenters. The Morgan fingerprint density at radius 2 is 1.90 bits per heavy atom. The Morgan fingerprint density at radius 3 is 2.58 bits per heavy atom. The van der Waals surface area contributed by atoms with Crippen LogP contribution in [0.5, 0.6) is 0 Å². The van der Waals surface area contributed by atoms with Crippen LogP contribution in [0.2, 0.25) is 0 Å². The number of ether oxygens (including phenoxy) is 3. The van der Waals surface area contributed by atoms with Gasteiger partial charge >= 0.3 is 10.4 Å². The highest BCUT2D eigenvalue weighted by Crippen LogP contribution is 2.28. The monoisotopic (exact) mass is 461 g/mol. The number of aliphatic hydroxyl groups excluding tert-OH is 2.